The van der Waals surface area contributed by atoms with E-state index in [2.05, 4.69) is 28.8 Å². The van der Waals surface area contributed by atoms with Crippen LogP contribution < -0.4 is 10.0 Å². The number of rotatable bonds is 5. The Morgan fingerprint density at radius 3 is 2.35 bits per heavy atom. The highest BCUT2D eigenvalue weighted by atomic mass is 32.2. The molecule has 2 rings (SSSR count). The van der Waals surface area contributed by atoms with Crippen LogP contribution in [0.5, 0.6) is 0 Å². The van der Waals surface area contributed by atoms with Gasteiger partial charge in [0.2, 0.25) is 0 Å². The van der Waals surface area contributed by atoms with Crippen LogP contribution >= 0.6 is 0 Å². The zero-order chi connectivity index (χ0) is 14.6. The van der Waals surface area contributed by atoms with Crippen LogP contribution in [0.4, 0.5) is 0 Å². The molecule has 2 aliphatic rings. The Morgan fingerprint density at radius 2 is 1.75 bits per heavy atom. The molecule has 7 heteroatoms. The average molecular weight is 304 g/mol. The number of piperidine rings is 1. The number of hydrogen-bond donors (Lipinski definition) is 2. The summed E-state index contributed by atoms with van der Waals surface area (Å²) in [5.74, 6) is 0.895. The Labute approximate surface area is 123 Å². The highest BCUT2D eigenvalue weighted by Crippen LogP contribution is 2.22. The SMILES string of the molecule is CC1CC(C)CN(S(=O)(=O)NCCN2CCNCC2)C1. The standard InChI is InChI=1S/C13H28N4O2S/c1-12-9-13(2)11-17(10-12)20(18,19)15-5-8-16-6-3-14-4-7-16/h12-15H,3-11H2,1-2H3. The summed E-state index contributed by atoms with van der Waals surface area (Å²) in [4.78, 5) is 2.29. The van der Waals surface area contributed by atoms with E-state index in [9.17, 15) is 8.42 Å². The zero-order valence-electron chi connectivity index (χ0n) is 12.6. The minimum absolute atomic E-state index is 0.448. The molecule has 2 N–H and O–H groups in total. The maximum atomic E-state index is 12.3. The van der Waals surface area contributed by atoms with Gasteiger partial charge in [0.05, 0.1) is 0 Å². The highest BCUT2D eigenvalue weighted by Gasteiger charge is 2.30. The maximum Gasteiger partial charge on any atom is 0.279 e. The molecule has 2 fully saturated rings. The summed E-state index contributed by atoms with van der Waals surface area (Å²) in [5, 5.41) is 3.29. The van der Waals surface area contributed by atoms with E-state index in [-0.39, 0.29) is 0 Å². The van der Waals surface area contributed by atoms with Gasteiger partial charge in [-0.3, -0.25) is 4.90 Å². The normalized spacial score (nSPS) is 30.5. The van der Waals surface area contributed by atoms with Crippen molar-refractivity contribution in [2.75, 3.05) is 52.4 Å². The van der Waals surface area contributed by atoms with Crippen LogP contribution in [0.25, 0.3) is 0 Å². The van der Waals surface area contributed by atoms with Crippen molar-refractivity contribution >= 4 is 10.2 Å². The largest absolute Gasteiger partial charge is 0.314 e. The monoisotopic (exact) mass is 304 g/mol. The molecule has 2 aliphatic heterocycles. The quantitative estimate of drug-likeness (QED) is 0.732. The van der Waals surface area contributed by atoms with Crippen LogP contribution in [0.2, 0.25) is 0 Å². The summed E-state index contributed by atoms with van der Waals surface area (Å²) in [5.41, 5.74) is 0. The molecular weight excluding hydrogens is 276 g/mol. The van der Waals surface area contributed by atoms with E-state index in [4.69, 9.17) is 0 Å². The van der Waals surface area contributed by atoms with Crippen LogP contribution in [0.1, 0.15) is 20.3 Å². The lowest BCUT2D eigenvalue weighted by Gasteiger charge is -2.34. The topological polar surface area (TPSA) is 64.7 Å². The first-order valence-electron chi connectivity index (χ1n) is 7.65. The smallest absolute Gasteiger partial charge is 0.279 e. The Morgan fingerprint density at radius 1 is 1.15 bits per heavy atom. The summed E-state index contributed by atoms with van der Waals surface area (Å²) in [7, 11) is -3.31. The number of hydrogen-bond acceptors (Lipinski definition) is 4. The van der Waals surface area contributed by atoms with Gasteiger partial charge in [-0.25, -0.2) is 4.72 Å². The summed E-state index contributed by atoms with van der Waals surface area (Å²) >= 11 is 0. The molecule has 0 aromatic carbocycles. The van der Waals surface area contributed by atoms with Crippen LogP contribution in [0.3, 0.4) is 0 Å². The molecule has 0 aliphatic carbocycles. The molecule has 20 heavy (non-hydrogen) atoms. The van der Waals surface area contributed by atoms with E-state index in [1.807, 2.05) is 0 Å². The van der Waals surface area contributed by atoms with Crippen LogP contribution in [-0.4, -0.2) is 70.0 Å². The third-order valence-corrected chi connectivity index (χ3v) is 5.64. The fraction of sp³-hybridized carbons (Fsp3) is 1.00. The molecule has 2 atom stereocenters. The molecule has 0 aromatic heterocycles. The fourth-order valence-electron chi connectivity index (χ4n) is 3.16. The Balaban J connectivity index is 1.78. The molecule has 0 aromatic rings. The number of nitrogens with one attached hydrogen (secondary N) is 2. The predicted octanol–water partition coefficient (Wildman–Crippen LogP) is -0.296. The van der Waals surface area contributed by atoms with Crippen LogP contribution in [-0.2, 0) is 10.2 Å². The van der Waals surface area contributed by atoms with Gasteiger partial charge in [0.15, 0.2) is 0 Å². The molecule has 0 bridgehead atoms. The molecule has 2 heterocycles. The third-order valence-electron chi connectivity index (χ3n) is 4.10. The average Bonchev–Trinajstić information content (AvgIpc) is 2.38. The lowest BCUT2D eigenvalue weighted by atomic mass is 9.94. The van der Waals surface area contributed by atoms with Crippen molar-refractivity contribution in [1.82, 2.24) is 19.2 Å². The van der Waals surface area contributed by atoms with Crippen molar-refractivity contribution in [1.29, 1.82) is 0 Å². The Bertz CT molecular complexity index is 385. The number of nitrogens with zero attached hydrogens (tertiary/aromatic N) is 2. The van der Waals surface area contributed by atoms with E-state index in [1.165, 1.54) is 0 Å². The maximum absolute atomic E-state index is 12.3. The van der Waals surface area contributed by atoms with Gasteiger partial charge in [0, 0.05) is 52.4 Å². The first-order chi connectivity index (χ1) is 9.47. The van der Waals surface area contributed by atoms with Gasteiger partial charge in [-0.15, -0.1) is 0 Å². The van der Waals surface area contributed by atoms with Crippen molar-refractivity contribution in [3.63, 3.8) is 0 Å². The molecule has 0 amide bonds. The van der Waals surface area contributed by atoms with Gasteiger partial charge in [-0.2, -0.15) is 12.7 Å². The van der Waals surface area contributed by atoms with Gasteiger partial charge >= 0.3 is 0 Å². The second-order valence-electron chi connectivity index (χ2n) is 6.25. The summed E-state index contributed by atoms with van der Waals surface area (Å²) in [6, 6.07) is 0. The molecule has 2 unspecified atom stereocenters. The molecule has 0 saturated carbocycles. The Hall–Kier alpha value is -0.210. The summed E-state index contributed by atoms with van der Waals surface area (Å²) in [6.07, 6.45) is 1.12. The predicted molar refractivity (Wildman–Crippen MR) is 80.8 cm³/mol. The molecule has 2 saturated heterocycles. The van der Waals surface area contributed by atoms with Crippen LogP contribution in [0, 0.1) is 11.8 Å². The van der Waals surface area contributed by atoms with E-state index >= 15 is 0 Å². The van der Waals surface area contributed by atoms with E-state index < -0.39 is 10.2 Å². The first-order valence-corrected chi connectivity index (χ1v) is 9.09. The highest BCUT2D eigenvalue weighted by molar-refractivity contribution is 7.87. The molecular formula is C13H28N4O2S. The van der Waals surface area contributed by atoms with Gasteiger partial charge < -0.3 is 5.32 Å². The molecule has 0 spiro atoms. The first kappa shape index (κ1) is 16.2. The number of piperazine rings is 1. The second-order valence-corrected chi connectivity index (χ2v) is 8.01. The fourth-order valence-corrected chi connectivity index (χ4v) is 4.59. The minimum Gasteiger partial charge on any atom is -0.314 e. The van der Waals surface area contributed by atoms with Gasteiger partial charge in [-0.1, -0.05) is 13.8 Å². The van der Waals surface area contributed by atoms with Crippen molar-refractivity contribution in [2.45, 2.75) is 20.3 Å². The van der Waals surface area contributed by atoms with E-state index in [0.717, 1.165) is 39.1 Å². The van der Waals surface area contributed by atoms with Crippen molar-refractivity contribution < 1.29 is 8.42 Å². The third kappa shape index (κ3) is 4.66. The minimum atomic E-state index is -3.31. The zero-order valence-corrected chi connectivity index (χ0v) is 13.5. The van der Waals surface area contributed by atoms with Crippen molar-refractivity contribution in [3.8, 4) is 0 Å². The lowest BCUT2D eigenvalue weighted by molar-refractivity contribution is 0.218. The van der Waals surface area contributed by atoms with Crippen molar-refractivity contribution in [2.24, 2.45) is 11.8 Å². The van der Waals surface area contributed by atoms with Gasteiger partial charge in [0.1, 0.15) is 0 Å². The van der Waals surface area contributed by atoms with Crippen LogP contribution in [0.15, 0.2) is 0 Å². The second kappa shape index (κ2) is 7.17. The molecule has 6 nitrogen and oxygen atoms in total. The summed E-state index contributed by atoms with van der Waals surface area (Å²) < 4.78 is 29.0. The lowest BCUT2D eigenvalue weighted by Crippen LogP contribution is -2.50. The van der Waals surface area contributed by atoms with Crippen molar-refractivity contribution in [3.05, 3.63) is 0 Å². The van der Waals surface area contributed by atoms with Gasteiger partial charge in [-0.05, 0) is 18.3 Å². The molecule has 118 valence electrons. The van der Waals surface area contributed by atoms with E-state index in [0.29, 0.717) is 31.5 Å². The molecule has 0 radical (unpaired) electrons. The van der Waals surface area contributed by atoms with E-state index in [1.54, 1.807) is 4.31 Å². The summed E-state index contributed by atoms with van der Waals surface area (Å²) in [6.45, 7) is 10.8. The van der Waals surface area contributed by atoms with Gasteiger partial charge in [0.25, 0.3) is 10.2 Å². The Kier molecular flexibility index (Phi) is 5.80.